The third-order valence-electron chi connectivity index (χ3n) is 2.59. The summed E-state index contributed by atoms with van der Waals surface area (Å²) in [5.41, 5.74) is 4.43. The highest BCUT2D eigenvalue weighted by Gasteiger charge is 1.95. The van der Waals surface area contributed by atoms with Crippen LogP contribution in [0.15, 0.2) is 54.1 Å². The van der Waals surface area contributed by atoms with E-state index < -0.39 is 0 Å². The Bertz CT molecular complexity index is 648. The quantitative estimate of drug-likeness (QED) is 0.625. The molecule has 0 fully saturated rings. The van der Waals surface area contributed by atoms with Crippen LogP contribution in [-0.2, 0) is 0 Å². The number of rotatable bonds is 1. The van der Waals surface area contributed by atoms with Crippen LogP contribution < -0.4 is 0 Å². The standard InChI is InChI=1S/C18H15Cl/c1-14(2)13-17-6-4-3-5-16(17)10-7-15-8-11-18(19)12-9-15/h3-6,8-9,11-13H,1-2H3. The average Bonchev–Trinajstić information content (AvgIpc) is 2.39. The summed E-state index contributed by atoms with van der Waals surface area (Å²) in [7, 11) is 0. The Kier molecular flexibility index (Phi) is 4.44. The van der Waals surface area contributed by atoms with E-state index in [0.29, 0.717) is 0 Å². The first-order valence-electron chi connectivity index (χ1n) is 6.17. The fourth-order valence-electron chi connectivity index (χ4n) is 1.72. The van der Waals surface area contributed by atoms with Crippen LogP contribution in [0.25, 0.3) is 6.08 Å². The van der Waals surface area contributed by atoms with E-state index in [-0.39, 0.29) is 0 Å². The van der Waals surface area contributed by atoms with Gasteiger partial charge in [0.1, 0.15) is 0 Å². The van der Waals surface area contributed by atoms with Crippen LogP contribution in [0, 0.1) is 11.8 Å². The molecule has 0 aliphatic carbocycles. The summed E-state index contributed by atoms with van der Waals surface area (Å²) >= 11 is 5.86. The van der Waals surface area contributed by atoms with Gasteiger partial charge in [-0.05, 0) is 49.7 Å². The van der Waals surface area contributed by atoms with Gasteiger partial charge in [-0.1, -0.05) is 53.3 Å². The second kappa shape index (κ2) is 6.27. The van der Waals surface area contributed by atoms with E-state index in [1.165, 1.54) is 5.57 Å². The maximum Gasteiger partial charge on any atom is 0.0406 e. The van der Waals surface area contributed by atoms with Crippen LogP contribution in [-0.4, -0.2) is 0 Å². The van der Waals surface area contributed by atoms with Gasteiger partial charge in [-0.2, -0.15) is 0 Å². The van der Waals surface area contributed by atoms with E-state index in [1.807, 2.05) is 42.5 Å². The van der Waals surface area contributed by atoms with Crippen molar-refractivity contribution in [1.82, 2.24) is 0 Å². The molecule has 0 spiro atoms. The molecule has 2 aromatic carbocycles. The van der Waals surface area contributed by atoms with E-state index in [0.717, 1.165) is 21.7 Å². The van der Waals surface area contributed by atoms with Crippen molar-refractivity contribution in [3.8, 4) is 11.8 Å². The molecule has 0 amide bonds. The van der Waals surface area contributed by atoms with E-state index in [4.69, 9.17) is 11.6 Å². The maximum absolute atomic E-state index is 5.86. The molecule has 0 saturated heterocycles. The second-order valence-corrected chi connectivity index (χ2v) is 5.00. The summed E-state index contributed by atoms with van der Waals surface area (Å²) in [5, 5.41) is 0.732. The molecule has 2 aromatic rings. The molecular formula is C18H15Cl. The minimum atomic E-state index is 0.732. The molecular weight excluding hydrogens is 252 g/mol. The third kappa shape index (κ3) is 4.02. The van der Waals surface area contributed by atoms with Crippen molar-refractivity contribution in [2.75, 3.05) is 0 Å². The molecule has 1 heteroatoms. The molecule has 0 nitrogen and oxygen atoms in total. The Labute approximate surface area is 119 Å². The lowest BCUT2D eigenvalue weighted by Gasteiger charge is -1.99. The number of benzene rings is 2. The number of hydrogen-bond donors (Lipinski definition) is 0. The molecule has 0 radical (unpaired) electrons. The predicted octanol–water partition coefficient (Wildman–Crippen LogP) is 5.16. The number of allylic oxidation sites excluding steroid dienone is 1. The third-order valence-corrected chi connectivity index (χ3v) is 2.84. The Morgan fingerprint density at radius 3 is 2.32 bits per heavy atom. The highest BCUT2D eigenvalue weighted by molar-refractivity contribution is 6.30. The predicted molar refractivity (Wildman–Crippen MR) is 83.2 cm³/mol. The van der Waals surface area contributed by atoms with E-state index in [2.05, 4.69) is 37.8 Å². The van der Waals surface area contributed by atoms with Gasteiger partial charge in [0.15, 0.2) is 0 Å². The van der Waals surface area contributed by atoms with Crippen LogP contribution in [0.5, 0.6) is 0 Å². The Morgan fingerprint density at radius 1 is 0.947 bits per heavy atom. The highest BCUT2D eigenvalue weighted by atomic mass is 35.5. The van der Waals surface area contributed by atoms with Crippen molar-refractivity contribution < 1.29 is 0 Å². The molecule has 94 valence electrons. The van der Waals surface area contributed by atoms with Gasteiger partial charge in [0.05, 0.1) is 0 Å². The minimum Gasteiger partial charge on any atom is -0.0843 e. The first kappa shape index (κ1) is 13.5. The van der Waals surface area contributed by atoms with Gasteiger partial charge in [-0.15, -0.1) is 0 Å². The lowest BCUT2D eigenvalue weighted by molar-refractivity contribution is 1.42. The maximum atomic E-state index is 5.86. The zero-order valence-corrected chi connectivity index (χ0v) is 11.8. The first-order chi connectivity index (χ1) is 9.15. The molecule has 0 heterocycles. The van der Waals surface area contributed by atoms with Gasteiger partial charge in [0.2, 0.25) is 0 Å². The van der Waals surface area contributed by atoms with Crippen molar-refractivity contribution in [3.63, 3.8) is 0 Å². The molecule has 0 saturated carbocycles. The Hall–Kier alpha value is -1.97. The lowest BCUT2D eigenvalue weighted by atomic mass is 10.1. The lowest BCUT2D eigenvalue weighted by Crippen LogP contribution is -1.82. The summed E-state index contributed by atoms with van der Waals surface area (Å²) in [4.78, 5) is 0. The number of hydrogen-bond acceptors (Lipinski definition) is 0. The van der Waals surface area contributed by atoms with Crippen molar-refractivity contribution in [2.24, 2.45) is 0 Å². The van der Waals surface area contributed by atoms with Gasteiger partial charge >= 0.3 is 0 Å². The molecule has 0 unspecified atom stereocenters. The fourth-order valence-corrected chi connectivity index (χ4v) is 1.85. The molecule has 0 aromatic heterocycles. The summed E-state index contributed by atoms with van der Waals surface area (Å²) in [6, 6.07) is 15.7. The zero-order chi connectivity index (χ0) is 13.7. The summed E-state index contributed by atoms with van der Waals surface area (Å²) in [6.07, 6.45) is 2.14. The molecule has 0 atom stereocenters. The van der Waals surface area contributed by atoms with Gasteiger partial charge in [0.25, 0.3) is 0 Å². The van der Waals surface area contributed by atoms with Crippen molar-refractivity contribution in [2.45, 2.75) is 13.8 Å². The SMILES string of the molecule is CC(C)=Cc1ccccc1C#Cc1ccc(Cl)cc1. The van der Waals surface area contributed by atoms with Crippen molar-refractivity contribution in [1.29, 1.82) is 0 Å². The van der Waals surface area contributed by atoms with Crippen LogP contribution in [0.4, 0.5) is 0 Å². The normalized spacial score (nSPS) is 9.42. The van der Waals surface area contributed by atoms with Crippen molar-refractivity contribution in [3.05, 3.63) is 75.8 Å². The van der Waals surface area contributed by atoms with E-state index in [1.54, 1.807) is 0 Å². The van der Waals surface area contributed by atoms with Crippen LogP contribution in [0.2, 0.25) is 5.02 Å². The van der Waals surface area contributed by atoms with Crippen LogP contribution >= 0.6 is 11.6 Å². The molecule has 2 rings (SSSR count). The van der Waals surface area contributed by atoms with E-state index >= 15 is 0 Å². The highest BCUT2D eigenvalue weighted by Crippen LogP contribution is 2.13. The second-order valence-electron chi connectivity index (χ2n) is 4.57. The number of halogens is 1. The molecule has 0 bridgehead atoms. The summed E-state index contributed by atoms with van der Waals surface area (Å²) in [6.45, 7) is 4.17. The van der Waals surface area contributed by atoms with Gasteiger partial charge in [0, 0.05) is 16.1 Å². The van der Waals surface area contributed by atoms with Crippen LogP contribution in [0.3, 0.4) is 0 Å². The van der Waals surface area contributed by atoms with Gasteiger partial charge < -0.3 is 0 Å². The van der Waals surface area contributed by atoms with Crippen molar-refractivity contribution >= 4 is 17.7 Å². The minimum absolute atomic E-state index is 0.732. The van der Waals surface area contributed by atoms with Crippen LogP contribution in [0.1, 0.15) is 30.5 Å². The van der Waals surface area contributed by atoms with E-state index in [9.17, 15) is 0 Å². The fraction of sp³-hybridized carbons (Fsp3) is 0.111. The topological polar surface area (TPSA) is 0 Å². The Balaban J connectivity index is 2.34. The summed E-state index contributed by atoms with van der Waals surface area (Å²) < 4.78 is 0. The molecule has 19 heavy (non-hydrogen) atoms. The molecule has 0 N–H and O–H groups in total. The molecule has 0 aliphatic heterocycles. The average molecular weight is 267 g/mol. The van der Waals surface area contributed by atoms with Gasteiger partial charge in [-0.3, -0.25) is 0 Å². The first-order valence-corrected chi connectivity index (χ1v) is 6.54. The smallest absolute Gasteiger partial charge is 0.0406 e. The van der Waals surface area contributed by atoms with Gasteiger partial charge in [-0.25, -0.2) is 0 Å². The summed E-state index contributed by atoms with van der Waals surface area (Å²) in [5.74, 6) is 6.38. The Morgan fingerprint density at radius 2 is 1.63 bits per heavy atom. The zero-order valence-electron chi connectivity index (χ0n) is 11.1. The monoisotopic (exact) mass is 266 g/mol. The molecule has 0 aliphatic rings. The largest absolute Gasteiger partial charge is 0.0843 e.